The minimum atomic E-state index is -1.49. The zero-order valence-corrected chi connectivity index (χ0v) is 44.7. The summed E-state index contributed by atoms with van der Waals surface area (Å²) < 4.78 is 22.5. The number of carbonyl (C=O) groups excluding carboxylic acids is 7. The van der Waals surface area contributed by atoms with E-state index in [1.165, 1.54) is 37.4 Å². The minimum absolute atomic E-state index is 0.0201. The van der Waals surface area contributed by atoms with Crippen LogP contribution in [0.2, 0.25) is 0 Å². The molecule has 0 radical (unpaired) electrons. The number of ether oxygens (including phenoxy) is 4. The molecule has 0 saturated carbocycles. The number of benzene rings is 5. The largest absolute Gasteiger partial charge is 0.490 e. The number of rotatable bonds is 33. The SMILES string of the molecule is CCC(CCC(=O)CCSC(C(=O)c1ccccc1)c1ccccc1)(COC(=O)CCSCCC(=O)OCCOc1ccc(C(=O)C(C)(C)O)cc1)COC(=O)CCSC(=O)C(c1ccccc1)c1ccccc1. The number of hydrogen-bond donors (Lipinski definition) is 1. The maximum atomic E-state index is 13.6. The summed E-state index contributed by atoms with van der Waals surface area (Å²) in [5.74, 6) is -0.523. The van der Waals surface area contributed by atoms with Crippen molar-refractivity contribution in [1.29, 1.82) is 0 Å². The molecule has 74 heavy (non-hydrogen) atoms. The number of ketones is 3. The summed E-state index contributed by atoms with van der Waals surface area (Å²) in [6, 6.07) is 43.9. The number of esters is 3. The van der Waals surface area contributed by atoms with Crippen molar-refractivity contribution in [3.8, 4) is 5.75 Å². The van der Waals surface area contributed by atoms with Gasteiger partial charge < -0.3 is 24.1 Å². The van der Waals surface area contributed by atoms with Crippen LogP contribution in [-0.2, 0) is 38.2 Å². The van der Waals surface area contributed by atoms with Crippen molar-refractivity contribution in [2.45, 2.75) is 82.5 Å². The smallest absolute Gasteiger partial charge is 0.306 e. The van der Waals surface area contributed by atoms with Gasteiger partial charge in [0, 0.05) is 52.4 Å². The number of Topliss-reactive ketones (excluding diaryl/α,β-unsaturated/α-hetero) is 3. The molecule has 1 N–H and O–H groups in total. The Kier molecular flexibility index (Phi) is 24.7. The van der Waals surface area contributed by atoms with E-state index in [1.807, 2.05) is 116 Å². The van der Waals surface area contributed by atoms with Crippen molar-refractivity contribution in [3.05, 3.63) is 173 Å². The molecule has 0 saturated heterocycles. The van der Waals surface area contributed by atoms with Gasteiger partial charge in [0.25, 0.3) is 0 Å². The van der Waals surface area contributed by atoms with Crippen LogP contribution in [-0.4, -0.2) is 101 Å². The lowest BCUT2D eigenvalue weighted by Crippen LogP contribution is -2.35. The van der Waals surface area contributed by atoms with Gasteiger partial charge in [-0.3, -0.25) is 33.6 Å². The van der Waals surface area contributed by atoms with E-state index in [2.05, 4.69) is 0 Å². The van der Waals surface area contributed by atoms with Gasteiger partial charge >= 0.3 is 17.9 Å². The molecule has 12 nitrogen and oxygen atoms in total. The Bertz CT molecular complexity index is 2510. The van der Waals surface area contributed by atoms with Crippen molar-refractivity contribution in [3.63, 3.8) is 0 Å². The van der Waals surface area contributed by atoms with Gasteiger partial charge in [-0.1, -0.05) is 140 Å². The monoisotopic (exact) mass is 1060 g/mol. The predicted octanol–water partition coefficient (Wildman–Crippen LogP) is 11.1. The molecule has 0 aromatic heterocycles. The Morgan fingerprint density at radius 3 is 1.57 bits per heavy atom. The Hall–Kier alpha value is -6.00. The van der Waals surface area contributed by atoms with E-state index in [0.29, 0.717) is 40.6 Å². The highest BCUT2D eigenvalue weighted by Gasteiger charge is 2.33. The highest BCUT2D eigenvalue weighted by atomic mass is 32.2. The van der Waals surface area contributed by atoms with E-state index < -0.39 is 45.9 Å². The molecule has 0 aliphatic carbocycles. The molecule has 2 atom stereocenters. The maximum absolute atomic E-state index is 13.6. The summed E-state index contributed by atoms with van der Waals surface area (Å²) in [5, 5.41) is 9.36. The second-order valence-corrected chi connectivity index (χ2v) is 21.7. The van der Waals surface area contributed by atoms with Gasteiger partial charge in [0.2, 0.25) is 5.12 Å². The second kappa shape index (κ2) is 31.0. The first-order chi connectivity index (χ1) is 35.7. The fraction of sp³-hybridized carbons (Fsp3) is 0.373. The molecule has 2 unspecified atom stereocenters. The summed E-state index contributed by atoms with van der Waals surface area (Å²) >= 11 is 3.88. The third-order valence-corrected chi connectivity index (χ3v) is 15.2. The van der Waals surface area contributed by atoms with E-state index in [4.69, 9.17) is 18.9 Å². The second-order valence-electron chi connectivity index (χ2n) is 18.1. The fourth-order valence-corrected chi connectivity index (χ4v) is 10.6. The molecule has 0 fully saturated rings. The number of aliphatic hydroxyl groups is 1. The van der Waals surface area contributed by atoms with Crippen LogP contribution in [0.3, 0.4) is 0 Å². The van der Waals surface area contributed by atoms with Gasteiger partial charge in [-0.2, -0.15) is 11.8 Å². The lowest BCUT2D eigenvalue weighted by molar-refractivity contribution is -0.154. The van der Waals surface area contributed by atoms with Gasteiger partial charge in [0.1, 0.15) is 43.6 Å². The van der Waals surface area contributed by atoms with Crippen LogP contribution in [0.25, 0.3) is 0 Å². The lowest BCUT2D eigenvalue weighted by atomic mass is 9.81. The van der Waals surface area contributed by atoms with Crippen LogP contribution in [0, 0.1) is 5.41 Å². The summed E-state index contributed by atoms with van der Waals surface area (Å²) in [7, 11) is 0. The number of hydrogen-bond acceptors (Lipinski definition) is 15. The molecule has 0 heterocycles. The van der Waals surface area contributed by atoms with Gasteiger partial charge in [0.15, 0.2) is 11.6 Å². The van der Waals surface area contributed by atoms with E-state index in [-0.39, 0.29) is 87.4 Å². The van der Waals surface area contributed by atoms with Crippen LogP contribution >= 0.6 is 35.3 Å². The molecule has 0 aliphatic rings. The zero-order valence-electron chi connectivity index (χ0n) is 42.3. The van der Waals surface area contributed by atoms with Gasteiger partial charge in [-0.05, 0) is 67.6 Å². The van der Waals surface area contributed by atoms with Crippen molar-refractivity contribution >= 4 is 75.7 Å². The molecule has 0 spiro atoms. The highest BCUT2D eigenvalue weighted by Crippen LogP contribution is 2.35. The van der Waals surface area contributed by atoms with Crippen LogP contribution < -0.4 is 4.74 Å². The van der Waals surface area contributed by atoms with Gasteiger partial charge in [-0.15, -0.1) is 11.8 Å². The molecule has 5 aromatic rings. The van der Waals surface area contributed by atoms with E-state index in [9.17, 15) is 38.7 Å². The average molecular weight is 1060 g/mol. The Morgan fingerprint density at radius 2 is 1.04 bits per heavy atom. The highest BCUT2D eigenvalue weighted by molar-refractivity contribution is 8.13. The molecule has 0 bridgehead atoms. The third kappa shape index (κ3) is 20.0. The first-order valence-corrected chi connectivity index (χ1v) is 28.0. The van der Waals surface area contributed by atoms with Crippen LogP contribution in [0.15, 0.2) is 146 Å². The maximum Gasteiger partial charge on any atom is 0.306 e. The molecule has 392 valence electrons. The molecule has 5 aromatic carbocycles. The summed E-state index contributed by atoms with van der Waals surface area (Å²) in [6.45, 7) is 4.66. The van der Waals surface area contributed by atoms with Crippen LogP contribution in [0.4, 0.5) is 0 Å². The molecule has 15 heteroatoms. The first kappa shape index (κ1) is 58.9. The number of carbonyl (C=O) groups is 7. The third-order valence-electron chi connectivity index (χ3n) is 12.1. The van der Waals surface area contributed by atoms with E-state index in [0.717, 1.165) is 28.5 Å². The van der Waals surface area contributed by atoms with Crippen molar-refractivity contribution in [2.24, 2.45) is 5.41 Å². The molecular weight excluding hydrogens is 997 g/mol. The fourth-order valence-electron chi connectivity index (χ4n) is 7.63. The van der Waals surface area contributed by atoms with Crippen molar-refractivity contribution in [2.75, 3.05) is 49.4 Å². The Morgan fingerprint density at radius 1 is 0.541 bits per heavy atom. The van der Waals surface area contributed by atoms with Crippen LogP contribution in [0.1, 0.15) is 114 Å². The minimum Gasteiger partial charge on any atom is -0.490 e. The van der Waals surface area contributed by atoms with Gasteiger partial charge in [0.05, 0.1) is 30.4 Å². The molecule has 0 amide bonds. The summed E-state index contributed by atoms with van der Waals surface area (Å²) in [6.07, 6.45) is 1.19. The van der Waals surface area contributed by atoms with E-state index in [1.54, 1.807) is 36.4 Å². The normalized spacial score (nSPS) is 12.5. The lowest BCUT2D eigenvalue weighted by Gasteiger charge is -2.31. The Balaban J connectivity index is 1.10. The number of thioether (sulfide) groups is 3. The predicted molar refractivity (Wildman–Crippen MR) is 293 cm³/mol. The van der Waals surface area contributed by atoms with E-state index >= 15 is 0 Å². The summed E-state index contributed by atoms with van der Waals surface area (Å²) in [4.78, 5) is 91.7. The Labute approximate surface area is 447 Å². The topological polar surface area (TPSA) is 177 Å². The standard InChI is InChI=1S/C59H66O12S3/c1-4-59(34-29-48(60)30-39-73-55(46-23-15-8-16-24-46)54(64)45-21-13-7-14-22-45,42-71-52(63)33-40-74-57(66)53(43-17-9-5-10-18-43)44-19-11-6-12-20-44)41-70-51(62)32-38-72-37-31-50(61)69-36-35-68-49-27-25-47(26-28-49)56(65)58(2,3)67/h5-28,53,55,67H,4,29-42H2,1-3H3. The first-order valence-electron chi connectivity index (χ1n) is 24.8. The molecule has 5 rings (SSSR count). The van der Waals surface area contributed by atoms with Gasteiger partial charge in [-0.25, -0.2) is 0 Å². The van der Waals surface area contributed by atoms with Crippen molar-refractivity contribution in [1.82, 2.24) is 0 Å². The summed E-state index contributed by atoms with van der Waals surface area (Å²) in [5.41, 5.74) is 1.14. The zero-order chi connectivity index (χ0) is 53.2. The molecular formula is C59H66O12S3. The average Bonchev–Trinajstić information content (AvgIpc) is 3.41. The molecule has 0 aliphatic heterocycles. The van der Waals surface area contributed by atoms with Crippen LogP contribution in [0.5, 0.6) is 5.75 Å². The quantitative estimate of drug-likeness (QED) is 0.0182. The van der Waals surface area contributed by atoms with Crippen molar-refractivity contribution < 1.29 is 57.6 Å².